The molecule has 1 aliphatic carbocycles. The number of amides is 1. The Morgan fingerprint density at radius 3 is 2.60 bits per heavy atom. The molecule has 2 fully saturated rings. The van der Waals surface area contributed by atoms with Gasteiger partial charge in [-0.25, -0.2) is 8.78 Å². The summed E-state index contributed by atoms with van der Waals surface area (Å²) >= 11 is 0. The zero-order valence-corrected chi connectivity index (χ0v) is 11.2. The molecule has 1 heterocycles. The van der Waals surface area contributed by atoms with Crippen molar-refractivity contribution >= 4 is 5.91 Å². The van der Waals surface area contributed by atoms with Crippen molar-refractivity contribution in [2.75, 3.05) is 6.54 Å². The molecule has 0 aromatic heterocycles. The van der Waals surface area contributed by atoms with Gasteiger partial charge in [-0.15, -0.1) is 0 Å². The minimum absolute atomic E-state index is 0.0111. The molecular weight excluding hydrogens is 262 g/mol. The van der Waals surface area contributed by atoms with Crippen LogP contribution in [0.1, 0.15) is 42.5 Å². The van der Waals surface area contributed by atoms with Gasteiger partial charge in [-0.1, -0.05) is 6.07 Å². The Hall–Kier alpha value is -1.49. The van der Waals surface area contributed by atoms with Gasteiger partial charge in [-0.2, -0.15) is 0 Å². The summed E-state index contributed by atoms with van der Waals surface area (Å²) in [6, 6.07) is 3.46. The lowest BCUT2D eigenvalue weighted by atomic mass is 9.70. The van der Waals surface area contributed by atoms with E-state index in [9.17, 15) is 13.6 Å². The summed E-state index contributed by atoms with van der Waals surface area (Å²) in [5.74, 6) is -2.27. The number of halogens is 2. The first kappa shape index (κ1) is 13.5. The summed E-state index contributed by atoms with van der Waals surface area (Å²) in [6.45, 7) is 0.838. The smallest absolute Gasteiger partial charge is 0.257 e. The monoisotopic (exact) mass is 280 g/mol. The van der Waals surface area contributed by atoms with Crippen molar-refractivity contribution in [2.45, 2.75) is 43.7 Å². The van der Waals surface area contributed by atoms with Crippen LogP contribution in [-0.4, -0.2) is 24.0 Å². The summed E-state index contributed by atoms with van der Waals surface area (Å²) in [6.07, 6.45) is 5.08. The van der Waals surface area contributed by atoms with Crippen molar-refractivity contribution < 1.29 is 13.6 Å². The van der Waals surface area contributed by atoms with Gasteiger partial charge < -0.3 is 10.6 Å². The van der Waals surface area contributed by atoms with Crippen LogP contribution < -0.4 is 10.6 Å². The van der Waals surface area contributed by atoms with Crippen LogP contribution in [0.25, 0.3) is 0 Å². The van der Waals surface area contributed by atoms with Crippen molar-refractivity contribution in [3.63, 3.8) is 0 Å². The summed E-state index contributed by atoms with van der Waals surface area (Å²) in [5.41, 5.74) is -0.335. The predicted molar refractivity (Wildman–Crippen MR) is 71.4 cm³/mol. The molecule has 3 rings (SSSR count). The van der Waals surface area contributed by atoms with E-state index in [-0.39, 0.29) is 11.6 Å². The Labute approximate surface area is 116 Å². The Kier molecular flexibility index (Phi) is 3.46. The Bertz CT molecular complexity index is 508. The first-order valence-electron chi connectivity index (χ1n) is 7.10. The standard InChI is InChI=1S/C15H18F2N2O/c16-11-3-1-4-12(17)13(11)14(20)19-10-5-8-18-15(9-10)6-2-7-15/h1,3-4,10,18H,2,5-9H2,(H,19,20). The van der Waals surface area contributed by atoms with E-state index in [1.807, 2.05) is 0 Å². The molecule has 1 saturated heterocycles. The quantitative estimate of drug-likeness (QED) is 0.873. The highest BCUT2D eigenvalue weighted by Crippen LogP contribution is 2.38. The predicted octanol–water partition coefficient (Wildman–Crippen LogP) is 2.37. The second kappa shape index (κ2) is 5.13. The van der Waals surface area contributed by atoms with Gasteiger partial charge in [0, 0.05) is 11.6 Å². The van der Waals surface area contributed by atoms with Gasteiger partial charge in [0.15, 0.2) is 0 Å². The molecule has 2 N–H and O–H groups in total. The zero-order valence-electron chi connectivity index (χ0n) is 11.2. The lowest BCUT2D eigenvalue weighted by Crippen LogP contribution is -2.59. The number of carbonyl (C=O) groups excluding carboxylic acids is 1. The fraction of sp³-hybridized carbons (Fsp3) is 0.533. The third-order valence-corrected chi connectivity index (χ3v) is 4.47. The molecule has 3 nitrogen and oxygen atoms in total. The highest BCUT2D eigenvalue weighted by atomic mass is 19.1. The first-order valence-corrected chi connectivity index (χ1v) is 7.10. The number of hydrogen-bond acceptors (Lipinski definition) is 2. The third kappa shape index (κ3) is 2.42. The van der Waals surface area contributed by atoms with E-state index >= 15 is 0 Å². The summed E-state index contributed by atoms with van der Waals surface area (Å²) in [4.78, 5) is 12.1. The highest BCUT2D eigenvalue weighted by molar-refractivity contribution is 5.94. The second-order valence-electron chi connectivity index (χ2n) is 5.82. The van der Waals surface area contributed by atoms with Gasteiger partial charge in [-0.05, 0) is 50.8 Å². The second-order valence-corrected chi connectivity index (χ2v) is 5.82. The van der Waals surface area contributed by atoms with Crippen molar-refractivity contribution in [3.05, 3.63) is 35.4 Å². The van der Waals surface area contributed by atoms with E-state index in [0.717, 1.165) is 44.4 Å². The van der Waals surface area contributed by atoms with Crippen LogP contribution in [0.15, 0.2) is 18.2 Å². The fourth-order valence-corrected chi connectivity index (χ4v) is 3.24. The maximum Gasteiger partial charge on any atom is 0.257 e. The van der Waals surface area contributed by atoms with Crippen LogP contribution in [0.3, 0.4) is 0 Å². The molecule has 1 aromatic carbocycles. The Morgan fingerprint density at radius 2 is 2.00 bits per heavy atom. The largest absolute Gasteiger partial charge is 0.349 e. The number of piperidine rings is 1. The van der Waals surface area contributed by atoms with Gasteiger partial charge in [0.1, 0.15) is 17.2 Å². The van der Waals surface area contributed by atoms with E-state index in [1.165, 1.54) is 12.5 Å². The lowest BCUT2D eigenvalue weighted by molar-refractivity contribution is 0.0845. The molecule has 1 amide bonds. The molecule has 1 atom stereocenters. The van der Waals surface area contributed by atoms with E-state index < -0.39 is 23.1 Å². The van der Waals surface area contributed by atoms with Crippen molar-refractivity contribution in [1.82, 2.24) is 10.6 Å². The van der Waals surface area contributed by atoms with Crippen LogP contribution >= 0.6 is 0 Å². The molecular formula is C15H18F2N2O. The van der Waals surface area contributed by atoms with E-state index in [0.29, 0.717) is 0 Å². The molecule has 0 radical (unpaired) electrons. The molecule has 1 saturated carbocycles. The summed E-state index contributed by atoms with van der Waals surface area (Å²) in [7, 11) is 0. The van der Waals surface area contributed by atoms with Gasteiger partial charge >= 0.3 is 0 Å². The van der Waals surface area contributed by atoms with E-state index in [1.54, 1.807) is 0 Å². The fourth-order valence-electron chi connectivity index (χ4n) is 3.24. The lowest BCUT2D eigenvalue weighted by Gasteiger charge is -2.48. The van der Waals surface area contributed by atoms with Crippen molar-refractivity contribution in [2.24, 2.45) is 0 Å². The molecule has 108 valence electrons. The first-order chi connectivity index (χ1) is 9.60. The maximum absolute atomic E-state index is 13.6. The summed E-state index contributed by atoms with van der Waals surface area (Å²) in [5, 5.41) is 6.28. The molecule has 5 heteroatoms. The molecule has 2 aliphatic rings. The molecule has 0 bridgehead atoms. The molecule has 1 spiro atoms. The van der Waals surface area contributed by atoms with Crippen molar-refractivity contribution in [1.29, 1.82) is 0 Å². The zero-order chi connectivity index (χ0) is 14.2. The summed E-state index contributed by atoms with van der Waals surface area (Å²) < 4.78 is 27.1. The minimum atomic E-state index is -0.810. The maximum atomic E-state index is 13.6. The average Bonchev–Trinajstić information content (AvgIpc) is 2.37. The SMILES string of the molecule is O=C(NC1CCNC2(CCC2)C1)c1c(F)cccc1F. The van der Waals surface area contributed by atoms with Crippen LogP contribution in [0.4, 0.5) is 8.78 Å². The van der Waals surface area contributed by atoms with Gasteiger partial charge in [-0.3, -0.25) is 4.79 Å². The number of rotatable bonds is 2. The normalized spacial score (nSPS) is 24.2. The molecule has 1 aliphatic heterocycles. The minimum Gasteiger partial charge on any atom is -0.349 e. The topological polar surface area (TPSA) is 41.1 Å². The van der Waals surface area contributed by atoms with Gasteiger partial charge in [0.25, 0.3) is 5.91 Å². The average molecular weight is 280 g/mol. The number of carbonyl (C=O) groups is 1. The van der Waals surface area contributed by atoms with E-state index in [2.05, 4.69) is 10.6 Å². The van der Waals surface area contributed by atoms with Gasteiger partial charge in [0.05, 0.1) is 0 Å². The number of nitrogens with one attached hydrogen (secondary N) is 2. The molecule has 1 unspecified atom stereocenters. The molecule has 1 aromatic rings. The molecule has 20 heavy (non-hydrogen) atoms. The highest BCUT2D eigenvalue weighted by Gasteiger charge is 2.41. The number of hydrogen-bond donors (Lipinski definition) is 2. The van der Waals surface area contributed by atoms with Crippen LogP contribution in [0.2, 0.25) is 0 Å². The Morgan fingerprint density at radius 1 is 1.30 bits per heavy atom. The van der Waals surface area contributed by atoms with Crippen LogP contribution in [0.5, 0.6) is 0 Å². The van der Waals surface area contributed by atoms with Gasteiger partial charge in [0.2, 0.25) is 0 Å². The third-order valence-electron chi connectivity index (χ3n) is 4.47. The Balaban J connectivity index is 1.69. The number of benzene rings is 1. The van der Waals surface area contributed by atoms with Crippen LogP contribution in [-0.2, 0) is 0 Å². The van der Waals surface area contributed by atoms with Crippen molar-refractivity contribution in [3.8, 4) is 0 Å². The van der Waals surface area contributed by atoms with Crippen LogP contribution in [0, 0.1) is 11.6 Å². The van der Waals surface area contributed by atoms with E-state index in [4.69, 9.17) is 0 Å².